The molecule has 27 heavy (non-hydrogen) atoms. The van der Waals surface area contributed by atoms with E-state index >= 15 is 0 Å². The van der Waals surface area contributed by atoms with Gasteiger partial charge in [0.05, 0.1) is 11.4 Å². The number of fused-ring (bicyclic) bond motifs is 1. The number of benzene rings is 2. The molecule has 1 fully saturated rings. The fraction of sp³-hybridized carbons (Fsp3) is 0.263. The number of hydrogen-bond donors (Lipinski definition) is 2. The summed E-state index contributed by atoms with van der Waals surface area (Å²) in [6, 6.07) is 10.5. The number of hydrogen-bond acceptors (Lipinski definition) is 5. The van der Waals surface area contributed by atoms with E-state index in [0.29, 0.717) is 41.4 Å². The van der Waals surface area contributed by atoms with Crippen LogP contribution in [-0.2, 0) is 11.3 Å². The molecule has 0 unspecified atom stereocenters. The SMILES string of the molecule is Cl.Nc1cc2c(cc1NC(=O)c1ccc(CN3CCCC3=O)cc1)OCO2. The van der Waals surface area contributed by atoms with Gasteiger partial charge >= 0.3 is 0 Å². The Bertz CT molecular complexity index is 870. The van der Waals surface area contributed by atoms with Crippen LogP contribution in [-0.4, -0.2) is 30.1 Å². The number of ether oxygens (including phenoxy) is 2. The van der Waals surface area contributed by atoms with E-state index in [1.54, 1.807) is 24.3 Å². The van der Waals surface area contributed by atoms with Crippen molar-refractivity contribution in [3.05, 3.63) is 47.5 Å². The summed E-state index contributed by atoms with van der Waals surface area (Å²) in [6.07, 6.45) is 1.54. The highest BCUT2D eigenvalue weighted by molar-refractivity contribution is 6.06. The third kappa shape index (κ3) is 3.93. The molecule has 2 aliphatic heterocycles. The first-order valence-electron chi connectivity index (χ1n) is 8.47. The predicted molar refractivity (Wildman–Crippen MR) is 103 cm³/mol. The third-order valence-corrected chi connectivity index (χ3v) is 4.55. The van der Waals surface area contributed by atoms with E-state index in [0.717, 1.165) is 18.5 Å². The van der Waals surface area contributed by atoms with Crippen molar-refractivity contribution in [2.45, 2.75) is 19.4 Å². The van der Waals surface area contributed by atoms with Crippen molar-refractivity contribution in [1.29, 1.82) is 0 Å². The number of halogens is 1. The van der Waals surface area contributed by atoms with E-state index in [4.69, 9.17) is 15.2 Å². The van der Waals surface area contributed by atoms with Gasteiger partial charge in [-0.1, -0.05) is 12.1 Å². The highest BCUT2D eigenvalue weighted by Crippen LogP contribution is 2.38. The van der Waals surface area contributed by atoms with Gasteiger partial charge in [0.1, 0.15) is 0 Å². The van der Waals surface area contributed by atoms with Crippen molar-refractivity contribution in [3.63, 3.8) is 0 Å². The maximum atomic E-state index is 12.5. The summed E-state index contributed by atoms with van der Waals surface area (Å²) in [4.78, 5) is 26.0. The molecule has 142 valence electrons. The van der Waals surface area contributed by atoms with E-state index in [2.05, 4.69) is 5.32 Å². The van der Waals surface area contributed by atoms with Crippen LogP contribution < -0.4 is 20.5 Å². The Kier molecular flexibility index (Phi) is 5.41. The second kappa shape index (κ2) is 7.75. The number of anilines is 2. The van der Waals surface area contributed by atoms with Crippen LogP contribution in [0, 0.1) is 0 Å². The van der Waals surface area contributed by atoms with Crippen molar-refractivity contribution in [2.24, 2.45) is 0 Å². The Morgan fingerprint density at radius 1 is 1.15 bits per heavy atom. The molecule has 0 spiro atoms. The summed E-state index contributed by atoms with van der Waals surface area (Å²) in [5, 5.41) is 2.79. The first kappa shape index (κ1) is 18.8. The number of amides is 2. The Balaban J connectivity index is 0.00000210. The molecule has 0 radical (unpaired) electrons. The summed E-state index contributed by atoms with van der Waals surface area (Å²) >= 11 is 0. The van der Waals surface area contributed by atoms with Crippen LogP contribution in [0.4, 0.5) is 11.4 Å². The van der Waals surface area contributed by atoms with Crippen molar-refractivity contribution in [1.82, 2.24) is 4.90 Å². The molecule has 0 bridgehead atoms. The van der Waals surface area contributed by atoms with Gasteiger partial charge in [-0.25, -0.2) is 0 Å². The number of nitrogens with two attached hydrogens (primary N) is 1. The van der Waals surface area contributed by atoms with Crippen molar-refractivity contribution in [2.75, 3.05) is 24.4 Å². The Labute approximate surface area is 162 Å². The fourth-order valence-electron chi connectivity index (χ4n) is 3.11. The van der Waals surface area contributed by atoms with Gasteiger partial charge in [-0.05, 0) is 24.1 Å². The van der Waals surface area contributed by atoms with Crippen LogP contribution in [0.15, 0.2) is 36.4 Å². The lowest BCUT2D eigenvalue weighted by Crippen LogP contribution is -2.23. The van der Waals surface area contributed by atoms with E-state index in [9.17, 15) is 9.59 Å². The zero-order valence-electron chi connectivity index (χ0n) is 14.6. The molecular weight excluding hydrogens is 370 g/mol. The van der Waals surface area contributed by atoms with Crippen molar-refractivity contribution in [3.8, 4) is 11.5 Å². The average molecular weight is 390 g/mol. The summed E-state index contributed by atoms with van der Waals surface area (Å²) in [5.74, 6) is 1.05. The standard InChI is InChI=1S/C19H19N3O4.ClH/c20-14-8-16-17(26-11-25-16)9-15(14)21-19(24)13-5-3-12(4-6-13)10-22-7-1-2-18(22)23;/h3-6,8-9H,1-2,7,10-11,20H2,(H,21,24);1H. The number of carbonyl (C=O) groups is 2. The molecule has 2 aliphatic rings. The van der Waals surface area contributed by atoms with Crippen LogP contribution >= 0.6 is 12.4 Å². The van der Waals surface area contributed by atoms with Crippen LogP contribution in [0.1, 0.15) is 28.8 Å². The van der Waals surface area contributed by atoms with Gasteiger partial charge in [-0.2, -0.15) is 0 Å². The van der Waals surface area contributed by atoms with Gasteiger partial charge in [0.25, 0.3) is 5.91 Å². The lowest BCUT2D eigenvalue weighted by molar-refractivity contribution is -0.128. The zero-order valence-corrected chi connectivity index (χ0v) is 15.4. The number of carbonyl (C=O) groups excluding carboxylic acids is 2. The summed E-state index contributed by atoms with van der Waals surface area (Å²) < 4.78 is 10.6. The van der Waals surface area contributed by atoms with Crippen LogP contribution in [0.5, 0.6) is 11.5 Å². The molecule has 7 nitrogen and oxygen atoms in total. The number of nitrogens with one attached hydrogen (secondary N) is 1. The number of rotatable bonds is 4. The van der Waals surface area contributed by atoms with Crippen LogP contribution in [0.25, 0.3) is 0 Å². The molecular formula is C19H20ClN3O4. The molecule has 0 atom stereocenters. The van der Waals surface area contributed by atoms with Gasteiger partial charge in [0.2, 0.25) is 12.7 Å². The first-order valence-corrected chi connectivity index (χ1v) is 8.47. The van der Waals surface area contributed by atoms with E-state index in [1.807, 2.05) is 17.0 Å². The van der Waals surface area contributed by atoms with Crippen molar-refractivity contribution < 1.29 is 19.1 Å². The quantitative estimate of drug-likeness (QED) is 0.784. The van der Waals surface area contributed by atoms with Gasteiger partial charge in [0, 0.05) is 37.2 Å². The fourth-order valence-corrected chi connectivity index (χ4v) is 3.11. The van der Waals surface area contributed by atoms with Gasteiger partial charge in [0.15, 0.2) is 11.5 Å². The van der Waals surface area contributed by atoms with Gasteiger partial charge in [-0.15, -0.1) is 12.4 Å². The Morgan fingerprint density at radius 3 is 2.52 bits per heavy atom. The molecule has 2 heterocycles. The Hall–Kier alpha value is -2.93. The van der Waals surface area contributed by atoms with E-state index < -0.39 is 0 Å². The summed E-state index contributed by atoms with van der Waals surface area (Å²) in [5.41, 5.74) is 8.36. The minimum absolute atomic E-state index is 0. The summed E-state index contributed by atoms with van der Waals surface area (Å²) in [7, 11) is 0. The molecule has 3 N–H and O–H groups in total. The number of likely N-dealkylation sites (tertiary alicyclic amines) is 1. The minimum Gasteiger partial charge on any atom is -0.454 e. The molecule has 0 saturated carbocycles. The van der Waals surface area contributed by atoms with Crippen molar-refractivity contribution >= 4 is 35.6 Å². The van der Waals surface area contributed by atoms with Gasteiger partial charge < -0.3 is 25.4 Å². The van der Waals surface area contributed by atoms with Gasteiger partial charge in [-0.3, -0.25) is 9.59 Å². The monoisotopic (exact) mass is 389 g/mol. The maximum Gasteiger partial charge on any atom is 0.255 e. The van der Waals surface area contributed by atoms with Crippen LogP contribution in [0.2, 0.25) is 0 Å². The number of nitrogens with zero attached hydrogens (tertiary/aromatic N) is 1. The molecule has 2 amide bonds. The molecule has 4 rings (SSSR count). The normalized spacial score (nSPS) is 14.8. The predicted octanol–water partition coefficient (Wildman–Crippen LogP) is 2.79. The molecule has 8 heteroatoms. The molecule has 2 aromatic carbocycles. The molecule has 1 saturated heterocycles. The van der Waals surface area contributed by atoms with E-state index in [1.165, 1.54) is 0 Å². The third-order valence-electron chi connectivity index (χ3n) is 4.55. The Morgan fingerprint density at radius 2 is 1.85 bits per heavy atom. The first-order chi connectivity index (χ1) is 12.6. The second-order valence-corrected chi connectivity index (χ2v) is 6.36. The molecule has 0 aliphatic carbocycles. The maximum absolute atomic E-state index is 12.5. The smallest absolute Gasteiger partial charge is 0.255 e. The summed E-state index contributed by atoms with van der Waals surface area (Å²) in [6.45, 7) is 1.52. The van der Waals surface area contributed by atoms with Crippen LogP contribution in [0.3, 0.4) is 0 Å². The second-order valence-electron chi connectivity index (χ2n) is 6.36. The molecule has 2 aromatic rings. The minimum atomic E-state index is -0.264. The lowest BCUT2D eigenvalue weighted by atomic mass is 10.1. The largest absolute Gasteiger partial charge is 0.454 e. The topological polar surface area (TPSA) is 93.9 Å². The number of nitrogen functional groups attached to an aromatic ring is 1. The lowest BCUT2D eigenvalue weighted by Gasteiger charge is -2.15. The van der Waals surface area contributed by atoms with E-state index in [-0.39, 0.29) is 31.0 Å². The highest BCUT2D eigenvalue weighted by Gasteiger charge is 2.20. The zero-order chi connectivity index (χ0) is 18.1. The average Bonchev–Trinajstić information content (AvgIpc) is 3.24. The molecule has 0 aromatic heterocycles. The highest BCUT2D eigenvalue weighted by atomic mass is 35.5.